The molecule has 0 aromatic rings. The molecule has 0 atom stereocenters. The first-order valence-electron chi connectivity index (χ1n) is 6.05. The van der Waals surface area contributed by atoms with Crippen molar-refractivity contribution in [1.82, 2.24) is 0 Å². The van der Waals surface area contributed by atoms with Gasteiger partial charge in [-0.05, 0) is 38.2 Å². The van der Waals surface area contributed by atoms with E-state index in [0.29, 0.717) is 5.76 Å². The molecular formula is C15H22O2. The van der Waals surface area contributed by atoms with Crippen molar-refractivity contribution >= 4 is 5.97 Å². The van der Waals surface area contributed by atoms with E-state index in [-0.39, 0.29) is 11.4 Å². The molecule has 0 aliphatic heterocycles. The monoisotopic (exact) mass is 234 g/mol. The Morgan fingerprint density at radius 1 is 1.47 bits per heavy atom. The molecule has 0 bridgehead atoms. The summed E-state index contributed by atoms with van der Waals surface area (Å²) in [7, 11) is 0. The molecule has 94 valence electrons. The first kappa shape index (κ1) is 13.8. The third-order valence-corrected chi connectivity index (χ3v) is 3.19. The summed E-state index contributed by atoms with van der Waals surface area (Å²) in [4.78, 5) is 10.8. The Balaban J connectivity index is 2.79. The fourth-order valence-corrected chi connectivity index (χ4v) is 2.24. The molecule has 0 N–H and O–H groups in total. The molecule has 1 aliphatic rings. The molecule has 2 heteroatoms. The lowest BCUT2D eigenvalue weighted by Gasteiger charge is -2.31. The Morgan fingerprint density at radius 2 is 2.12 bits per heavy atom. The largest absolute Gasteiger partial charge is 0.432 e. The van der Waals surface area contributed by atoms with Crippen LogP contribution in [0.15, 0.2) is 35.1 Å². The third kappa shape index (κ3) is 3.88. The molecule has 17 heavy (non-hydrogen) atoms. The molecule has 0 heterocycles. The minimum atomic E-state index is -0.257. The number of hydrogen-bond donors (Lipinski definition) is 0. The zero-order valence-corrected chi connectivity index (χ0v) is 11.5. The highest BCUT2D eigenvalue weighted by Crippen LogP contribution is 2.38. The van der Waals surface area contributed by atoms with E-state index in [1.54, 1.807) is 0 Å². The molecule has 0 amide bonds. The SMILES string of the molecule is CC(=O)O/C(C)=C/CC1=C(C)C=CCC1(C)C. The summed E-state index contributed by atoms with van der Waals surface area (Å²) >= 11 is 0. The lowest BCUT2D eigenvalue weighted by molar-refractivity contribution is -0.136. The van der Waals surface area contributed by atoms with Gasteiger partial charge in [0.1, 0.15) is 5.76 Å². The van der Waals surface area contributed by atoms with Crippen LogP contribution in [-0.4, -0.2) is 5.97 Å². The topological polar surface area (TPSA) is 26.3 Å². The van der Waals surface area contributed by atoms with Crippen molar-refractivity contribution in [2.24, 2.45) is 5.41 Å². The number of rotatable bonds is 3. The van der Waals surface area contributed by atoms with Crippen molar-refractivity contribution in [2.45, 2.75) is 47.5 Å². The standard InChI is InChI=1S/C15H22O2/c1-11-7-6-10-15(4,5)14(11)9-8-12(2)17-13(3)16/h6-8H,9-10H2,1-5H3/b12-8+. The predicted molar refractivity (Wildman–Crippen MR) is 70.4 cm³/mol. The minimum absolute atomic E-state index is 0.200. The highest BCUT2D eigenvalue weighted by molar-refractivity contribution is 5.67. The van der Waals surface area contributed by atoms with Crippen LogP contribution in [0, 0.1) is 5.41 Å². The number of allylic oxidation sites excluding steroid dienone is 6. The Bertz CT molecular complexity index is 395. The van der Waals surface area contributed by atoms with Gasteiger partial charge in [-0.2, -0.15) is 0 Å². The van der Waals surface area contributed by atoms with Crippen molar-refractivity contribution in [3.05, 3.63) is 35.1 Å². The summed E-state index contributed by atoms with van der Waals surface area (Å²) in [5.41, 5.74) is 2.95. The van der Waals surface area contributed by atoms with Gasteiger partial charge in [0.15, 0.2) is 0 Å². The average Bonchev–Trinajstić information content (AvgIpc) is 2.14. The number of hydrogen-bond acceptors (Lipinski definition) is 2. The molecule has 0 fully saturated rings. The van der Waals surface area contributed by atoms with Gasteiger partial charge in [0.2, 0.25) is 0 Å². The van der Waals surface area contributed by atoms with Crippen LogP contribution in [0.1, 0.15) is 47.5 Å². The Morgan fingerprint density at radius 3 is 2.65 bits per heavy atom. The minimum Gasteiger partial charge on any atom is -0.432 e. The van der Waals surface area contributed by atoms with E-state index in [2.05, 4.69) is 32.9 Å². The molecule has 1 rings (SSSR count). The lowest BCUT2D eigenvalue weighted by atomic mass is 9.74. The van der Waals surface area contributed by atoms with Gasteiger partial charge >= 0.3 is 5.97 Å². The molecule has 0 spiro atoms. The highest BCUT2D eigenvalue weighted by atomic mass is 16.5. The highest BCUT2D eigenvalue weighted by Gasteiger charge is 2.24. The van der Waals surface area contributed by atoms with Crippen molar-refractivity contribution in [2.75, 3.05) is 0 Å². The third-order valence-electron chi connectivity index (χ3n) is 3.19. The number of esters is 1. The maximum Gasteiger partial charge on any atom is 0.307 e. The van der Waals surface area contributed by atoms with Crippen LogP contribution < -0.4 is 0 Å². The summed E-state index contributed by atoms with van der Waals surface area (Å²) in [6, 6.07) is 0. The van der Waals surface area contributed by atoms with Crippen molar-refractivity contribution in [3.8, 4) is 0 Å². The second-order valence-corrected chi connectivity index (χ2v) is 5.26. The second kappa shape index (κ2) is 5.35. The van der Waals surface area contributed by atoms with Gasteiger partial charge in [0, 0.05) is 6.92 Å². The Kier molecular flexibility index (Phi) is 4.33. The van der Waals surface area contributed by atoms with E-state index in [4.69, 9.17) is 4.74 Å². The van der Waals surface area contributed by atoms with E-state index in [1.807, 2.05) is 13.0 Å². The van der Waals surface area contributed by atoms with Gasteiger partial charge in [0.25, 0.3) is 0 Å². The maximum atomic E-state index is 10.8. The van der Waals surface area contributed by atoms with E-state index >= 15 is 0 Å². The number of carbonyl (C=O) groups is 1. The summed E-state index contributed by atoms with van der Waals surface area (Å²) in [6.07, 6.45) is 8.31. The van der Waals surface area contributed by atoms with E-state index < -0.39 is 0 Å². The van der Waals surface area contributed by atoms with Crippen LogP contribution in [0.2, 0.25) is 0 Å². The van der Waals surface area contributed by atoms with Crippen molar-refractivity contribution in [1.29, 1.82) is 0 Å². The summed E-state index contributed by atoms with van der Waals surface area (Å²) < 4.78 is 5.03. The number of ether oxygens (including phenoxy) is 1. The van der Waals surface area contributed by atoms with Crippen LogP contribution in [0.3, 0.4) is 0 Å². The van der Waals surface area contributed by atoms with Gasteiger partial charge < -0.3 is 4.74 Å². The first-order chi connectivity index (χ1) is 7.83. The molecule has 0 radical (unpaired) electrons. The fraction of sp³-hybridized carbons (Fsp3) is 0.533. The van der Waals surface area contributed by atoms with Crippen molar-refractivity contribution in [3.63, 3.8) is 0 Å². The fourth-order valence-electron chi connectivity index (χ4n) is 2.24. The van der Waals surface area contributed by atoms with Crippen LogP contribution in [0.4, 0.5) is 0 Å². The van der Waals surface area contributed by atoms with Crippen molar-refractivity contribution < 1.29 is 9.53 Å². The summed E-state index contributed by atoms with van der Waals surface area (Å²) in [6.45, 7) is 9.90. The molecule has 0 aromatic carbocycles. The van der Waals surface area contributed by atoms with Crippen LogP contribution in [0.25, 0.3) is 0 Å². The Labute approximate surface area is 104 Å². The van der Waals surface area contributed by atoms with Crippen LogP contribution >= 0.6 is 0 Å². The zero-order chi connectivity index (χ0) is 13.1. The molecule has 0 saturated heterocycles. The average molecular weight is 234 g/mol. The predicted octanol–water partition coefficient (Wildman–Crippen LogP) is 4.15. The first-order valence-corrected chi connectivity index (χ1v) is 6.05. The molecule has 0 saturated carbocycles. The smallest absolute Gasteiger partial charge is 0.307 e. The zero-order valence-electron chi connectivity index (χ0n) is 11.5. The van der Waals surface area contributed by atoms with Gasteiger partial charge in [-0.3, -0.25) is 4.79 Å². The van der Waals surface area contributed by atoms with Gasteiger partial charge in [-0.15, -0.1) is 0 Å². The van der Waals surface area contributed by atoms with Crippen LogP contribution in [-0.2, 0) is 9.53 Å². The van der Waals surface area contributed by atoms with Gasteiger partial charge in [-0.25, -0.2) is 0 Å². The second-order valence-electron chi connectivity index (χ2n) is 5.26. The van der Waals surface area contributed by atoms with E-state index in [9.17, 15) is 4.79 Å². The molecular weight excluding hydrogens is 212 g/mol. The van der Waals surface area contributed by atoms with E-state index in [1.165, 1.54) is 18.1 Å². The van der Waals surface area contributed by atoms with Gasteiger partial charge in [-0.1, -0.05) is 37.1 Å². The Hall–Kier alpha value is -1.31. The van der Waals surface area contributed by atoms with Gasteiger partial charge in [0.05, 0.1) is 0 Å². The normalized spacial score (nSPS) is 19.5. The molecule has 2 nitrogen and oxygen atoms in total. The molecule has 0 unspecified atom stereocenters. The summed E-state index contributed by atoms with van der Waals surface area (Å²) in [5.74, 6) is 0.426. The van der Waals surface area contributed by atoms with Crippen LogP contribution in [0.5, 0.6) is 0 Å². The number of carbonyl (C=O) groups excluding carboxylic acids is 1. The lowest BCUT2D eigenvalue weighted by Crippen LogP contribution is -2.17. The van der Waals surface area contributed by atoms with E-state index in [0.717, 1.165) is 12.8 Å². The molecule has 0 aromatic heterocycles. The maximum absolute atomic E-state index is 10.8. The molecule has 1 aliphatic carbocycles. The summed E-state index contributed by atoms with van der Waals surface area (Å²) in [5, 5.41) is 0. The quantitative estimate of drug-likeness (QED) is 0.541.